The van der Waals surface area contributed by atoms with Crippen LogP contribution in [0.1, 0.15) is 24.8 Å². The molecule has 0 aromatic heterocycles. The molecule has 0 spiro atoms. The highest BCUT2D eigenvalue weighted by molar-refractivity contribution is 5.82. The van der Waals surface area contributed by atoms with Gasteiger partial charge in [0.25, 0.3) is 5.69 Å². The third kappa shape index (κ3) is 2.66. The first-order valence-electron chi connectivity index (χ1n) is 5.41. The minimum absolute atomic E-state index is 0.0478. The maximum absolute atomic E-state index is 11.6. The number of nitrogens with zero attached hydrogens (tertiary/aromatic N) is 1. The van der Waals surface area contributed by atoms with Gasteiger partial charge in [-0.3, -0.25) is 14.9 Å². The summed E-state index contributed by atoms with van der Waals surface area (Å²) < 4.78 is 0. The van der Waals surface area contributed by atoms with Crippen LogP contribution in [0.4, 0.5) is 5.69 Å². The lowest BCUT2D eigenvalue weighted by atomic mass is 10.0. The Balaban J connectivity index is 2.07. The number of hydrogen-bond acceptors (Lipinski definition) is 3. The van der Waals surface area contributed by atoms with Gasteiger partial charge in [-0.15, -0.1) is 0 Å². The van der Waals surface area contributed by atoms with E-state index in [9.17, 15) is 14.9 Å². The third-order valence-corrected chi connectivity index (χ3v) is 2.79. The van der Waals surface area contributed by atoms with Crippen molar-refractivity contribution in [2.45, 2.75) is 25.7 Å². The van der Waals surface area contributed by atoms with Crippen molar-refractivity contribution < 1.29 is 9.72 Å². The molecule has 0 heterocycles. The van der Waals surface area contributed by atoms with Crippen molar-refractivity contribution in [3.05, 3.63) is 39.9 Å². The van der Waals surface area contributed by atoms with Gasteiger partial charge in [0.1, 0.15) is 5.78 Å². The van der Waals surface area contributed by atoms with Crippen molar-refractivity contribution in [3.8, 4) is 0 Å². The Morgan fingerprint density at radius 1 is 1.38 bits per heavy atom. The largest absolute Gasteiger partial charge is 0.299 e. The molecule has 0 amide bonds. The summed E-state index contributed by atoms with van der Waals surface area (Å²) >= 11 is 0. The number of rotatable bonds is 5. The van der Waals surface area contributed by atoms with Crippen molar-refractivity contribution in [2.75, 3.05) is 0 Å². The van der Waals surface area contributed by atoms with Gasteiger partial charge in [0.05, 0.1) is 4.92 Å². The highest BCUT2D eigenvalue weighted by atomic mass is 16.6. The van der Waals surface area contributed by atoms with Crippen molar-refractivity contribution in [2.24, 2.45) is 5.92 Å². The first kappa shape index (κ1) is 10.8. The fourth-order valence-electron chi connectivity index (χ4n) is 1.77. The van der Waals surface area contributed by atoms with Crippen LogP contribution in [-0.4, -0.2) is 10.7 Å². The maximum atomic E-state index is 11.6. The molecule has 1 saturated carbocycles. The zero-order valence-electron chi connectivity index (χ0n) is 8.89. The van der Waals surface area contributed by atoms with Crippen LogP contribution in [0.25, 0.3) is 0 Å². The number of para-hydroxylation sites is 1. The molecule has 0 unspecified atom stereocenters. The predicted octanol–water partition coefficient (Wildman–Crippen LogP) is 2.51. The summed E-state index contributed by atoms with van der Waals surface area (Å²) in [6, 6.07) is 6.45. The first-order valence-corrected chi connectivity index (χ1v) is 5.41. The van der Waals surface area contributed by atoms with Crippen molar-refractivity contribution in [1.29, 1.82) is 0 Å². The van der Waals surface area contributed by atoms with Crippen LogP contribution < -0.4 is 0 Å². The fraction of sp³-hybridized carbons (Fsp3) is 0.417. The van der Waals surface area contributed by atoms with Gasteiger partial charge in [-0.25, -0.2) is 0 Å². The predicted molar refractivity (Wildman–Crippen MR) is 59.1 cm³/mol. The molecule has 84 valence electrons. The quantitative estimate of drug-likeness (QED) is 0.564. The molecule has 0 atom stereocenters. The van der Waals surface area contributed by atoms with Crippen LogP contribution in [-0.2, 0) is 11.2 Å². The van der Waals surface area contributed by atoms with E-state index in [0.29, 0.717) is 17.9 Å². The van der Waals surface area contributed by atoms with E-state index in [2.05, 4.69) is 0 Å². The number of nitro benzene ring substituents is 1. The van der Waals surface area contributed by atoms with Crippen molar-refractivity contribution in [1.82, 2.24) is 0 Å². The number of hydrogen-bond donors (Lipinski definition) is 0. The van der Waals surface area contributed by atoms with E-state index in [1.54, 1.807) is 18.2 Å². The molecule has 1 aromatic carbocycles. The molecule has 0 aliphatic heterocycles. The van der Waals surface area contributed by atoms with Crippen LogP contribution in [0.5, 0.6) is 0 Å². The number of benzene rings is 1. The van der Waals surface area contributed by atoms with E-state index in [4.69, 9.17) is 0 Å². The van der Waals surface area contributed by atoms with E-state index in [-0.39, 0.29) is 17.9 Å². The van der Waals surface area contributed by atoms with Gasteiger partial charge in [-0.2, -0.15) is 0 Å². The number of carbonyl (C=O) groups is 1. The fourth-order valence-corrected chi connectivity index (χ4v) is 1.77. The number of nitro groups is 1. The van der Waals surface area contributed by atoms with Gasteiger partial charge < -0.3 is 0 Å². The average Bonchev–Trinajstić information content (AvgIpc) is 3.02. The van der Waals surface area contributed by atoms with Gasteiger partial charge in [-0.1, -0.05) is 18.2 Å². The lowest BCUT2D eigenvalue weighted by Gasteiger charge is -2.01. The minimum atomic E-state index is -0.431. The van der Waals surface area contributed by atoms with Crippen LogP contribution in [0.15, 0.2) is 24.3 Å². The van der Waals surface area contributed by atoms with Gasteiger partial charge in [-0.05, 0) is 18.8 Å². The monoisotopic (exact) mass is 219 g/mol. The molecule has 4 heteroatoms. The summed E-state index contributed by atoms with van der Waals surface area (Å²) in [5.74, 6) is 0.645. The molecule has 0 N–H and O–H groups in total. The molecule has 1 aliphatic rings. The van der Waals surface area contributed by atoms with Crippen LogP contribution in [0, 0.1) is 16.0 Å². The lowest BCUT2D eigenvalue weighted by Crippen LogP contribution is -2.05. The van der Waals surface area contributed by atoms with Gasteiger partial charge >= 0.3 is 0 Å². The molecule has 16 heavy (non-hydrogen) atoms. The Kier molecular flexibility index (Phi) is 2.99. The Labute approximate surface area is 93.4 Å². The summed E-state index contributed by atoms with van der Waals surface area (Å²) in [6.45, 7) is 0. The summed E-state index contributed by atoms with van der Waals surface area (Å²) in [7, 11) is 0. The zero-order valence-corrected chi connectivity index (χ0v) is 8.89. The van der Waals surface area contributed by atoms with Crippen molar-refractivity contribution in [3.63, 3.8) is 0 Å². The minimum Gasteiger partial charge on any atom is -0.299 e. The number of Topliss-reactive ketones (excluding diaryl/α,β-unsaturated/α-hetero) is 1. The molecular weight excluding hydrogens is 206 g/mol. The van der Waals surface area contributed by atoms with Crippen molar-refractivity contribution >= 4 is 11.5 Å². The molecule has 1 aromatic rings. The molecule has 0 radical (unpaired) electrons. The molecule has 0 bridgehead atoms. The van der Waals surface area contributed by atoms with E-state index in [1.165, 1.54) is 6.07 Å². The first-order chi connectivity index (χ1) is 7.66. The van der Waals surface area contributed by atoms with Gasteiger partial charge in [0.15, 0.2) is 0 Å². The lowest BCUT2D eigenvalue weighted by molar-refractivity contribution is -0.385. The highest BCUT2D eigenvalue weighted by Crippen LogP contribution is 2.33. The second kappa shape index (κ2) is 4.43. The Morgan fingerprint density at radius 2 is 2.06 bits per heavy atom. The zero-order chi connectivity index (χ0) is 11.5. The smallest absolute Gasteiger partial charge is 0.273 e. The molecule has 1 fully saturated rings. The maximum Gasteiger partial charge on any atom is 0.273 e. The highest BCUT2D eigenvalue weighted by Gasteiger charge is 2.25. The van der Waals surface area contributed by atoms with Crippen LogP contribution >= 0.6 is 0 Å². The van der Waals surface area contributed by atoms with E-state index in [1.807, 2.05) is 0 Å². The second-order valence-electron chi connectivity index (χ2n) is 4.25. The molecule has 1 aliphatic carbocycles. The Morgan fingerprint density at radius 3 is 2.69 bits per heavy atom. The second-order valence-corrected chi connectivity index (χ2v) is 4.25. The summed E-state index contributed by atoms with van der Waals surface area (Å²) in [6.07, 6.45) is 3.02. The summed E-state index contributed by atoms with van der Waals surface area (Å²) in [5, 5.41) is 10.7. The topological polar surface area (TPSA) is 60.2 Å². The SMILES string of the molecule is O=C(Cc1ccccc1[N+](=O)[O-])CC1CC1. The Bertz CT molecular complexity index is 424. The van der Waals surface area contributed by atoms with Crippen LogP contribution in [0.2, 0.25) is 0 Å². The average molecular weight is 219 g/mol. The molecule has 0 saturated heterocycles. The summed E-state index contributed by atoms with van der Waals surface area (Å²) in [5.41, 5.74) is 0.574. The van der Waals surface area contributed by atoms with Crippen LogP contribution in [0.3, 0.4) is 0 Å². The van der Waals surface area contributed by atoms with Gasteiger partial charge in [0, 0.05) is 24.5 Å². The van der Waals surface area contributed by atoms with E-state index >= 15 is 0 Å². The molecule has 2 rings (SSSR count). The Hall–Kier alpha value is -1.71. The number of ketones is 1. The number of carbonyl (C=O) groups excluding carboxylic acids is 1. The molecule has 4 nitrogen and oxygen atoms in total. The summed E-state index contributed by atoms with van der Waals surface area (Å²) in [4.78, 5) is 21.9. The molecular formula is C12H13NO3. The standard InChI is InChI=1S/C12H13NO3/c14-11(7-9-5-6-9)8-10-3-1-2-4-12(10)13(15)16/h1-4,9H,5-8H2. The van der Waals surface area contributed by atoms with E-state index in [0.717, 1.165) is 12.8 Å². The van der Waals surface area contributed by atoms with E-state index < -0.39 is 4.92 Å². The normalized spacial score (nSPS) is 14.8. The van der Waals surface area contributed by atoms with Gasteiger partial charge in [0.2, 0.25) is 0 Å². The third-order valence-electron chi connectivity index (χ3n) is 2.79.